The highest BCUT2D eigenvalue weighted by atomic mass is 35.5. The Hall–Kier alpha value is -0.580. The number of carbonyl (C=O) groups excluding carboxylic acids is 1. The second-order valence-electron chi connectivity index (χ2n) is 5.65. The normalized spacial score (nSPS) is 33.4. The van der Waals surface area contributed by atoms with E-state index in [0.717, 1.165) is 4.88 Å². The molecule has 3 aliphatic rings. The number of hydrogen-bond acceptors (Lipinski definition) is 3. The SMILES string of the molecule is Cc1cc(Cl)c(C(=O)N[C@@H]2C3CCN(CC3)[C@H]2C)s1. The molecule has 3 fully saturated rings. The van der Waals surface area contributed by atoms with E-state index in [4.69, 9.17) is 11.6 Å². The molecule has 1 N–H and O–H groups in total. The van der Waals surface area contributed by atoms with Crippen LogP contribution in [0.5, 0.6) is 0 Å². The second-order valence-corrected chi connectivity index (χ2v) is 7.31. The largest absolute Gasteiger partial charge is 0.347 e. The number of piperidine rings is 3. The van der Waals surface area contributed by atoms with Crippen LogP contribution >= 0.6 is 22.9 Å². The van der Waals surface area contributed by atoms with E-state index in [1.165, 1.54) is 37.3 Å². The fraction of sp³-hybridized carbons (Fsp3) is 0.643. The summed E-state index contributed by atoms with van der Waals surface area (Å²) in [6.07, 6.45) is 2.40. The third-order valence-electron chi connectivity index (χ3n) is 4.49. The van der Waals surface area contributed by atoms with Crippen molar-refractivity contribution in [2.45, 2.75) is 38.8 Å². The van der Waals surface area contributed by atoms with E-state index in [9.17, 15) is 4.79 Å². The molecule has 0 unspecified atom stereocenters. The average molecular weight is 299 g/mol. The lowest BCUT2D eigenvalue weighted by Gasteiger charge is -2.49. The van der Waals surface area contributed by atoms with E-state index in [-0.39, 0.29) is 11.9 Å². The first kappa shape index (κ1) is 13.4. The summed E-state index contributed by atoms with van der Waals surface area (Å²) in [6, 6.07) is 2.57. The van der Waals surface area contributed by atoms with E-state index in [1.54, 1.807) is 0 Å². The monoisotopic (exact) mass is 298 g/mol. The van der Waals surface area contributed by atoms with Crippen LogP contribution in [0.25, 0.3) is 0 Å². The predicted octanol–water partition coefficient (Wildman–Crippen LogP) is 2.92. The van der Waals surface area contributed by atoms with Gasteiger partial charge in [-0.1, -0.05) is 11.6 Å². The van der Waals surface area contributed by atoms with E-state index < -0.39 is 0 Å². The van der Waals surface area contributed by atoms with Gasteiger partial charge in [-0.05, 0) is 51.8 Å². The number of thiophene rings is 1. The van der Waals surface area contributed by atoms with Crippen LogP contribution < -0.4 is 5.32 Å². The summed E-state index contributed by atoms with van der Waals surface area (Å²) in [5.74, 6) is 0.623. The molecule has 3 nitrogen and oxygen atoms in total. The highest BCUT2D eigenvalue weighted by molar-refractivity contribution is 7.14. The topological polar surface area (TPSA) is 32.3 Å². The van der Waals surface area contributed by atoms with E-state index in [2.05, 4.69) is 17.1 Å². The van der Waals surface area contributed by atoms with Crippen LogP contribution in [0.1, 0.15) is 34.3 Å². The number of carbonyl (C=O) groups is 1. The van der Waals surface area contributed by atoms with Crippen molar-refractivity contribution >= 4 is 28.8 Å². The fourth-order valence-electron chi connectivity index (χ4n) is 3.40. The molecule has 2 atom stereocenters. The highest BCUT2D eigenvalue weighted by Gasteiger charge is 2.40. The Morgan fingerprint density at radius 3 is 2.68 bits per heavy atom. The summed E-state index contributed by atoms with van der Waals surface area (Å²) in [4.78, 5) is 16.6. The van der Waals surface area contributed by atoms with Gasteiger partial charge in [-0.2, -0.15) is 0 Å². The molecule has 104 valence electrons. The number of nitrogens with one attached hydrogen (secondary N) is 1. The van der Waals surface area contributed by atoms with Crippen molar-refractivity contribution in [3.8, 4) is 0 Å². The van der Waals surface area contributed by atoms with Crippen molar-refractivity contribution in [3.05, 3.63) is 20.8 Å². The van der Waals surface area contributed by atoms with Crippen molar-refractivity contribution in [1.82, 2.24) is 10.2 Å². The molecule has 0 aliphatic carbocycles. The molecule has 4 rings (SSSR count). The molecule has 0 aromatic carbocycles. The van der Waals surface area contributed by atoms with Crippen LogP contribution in [0.3, 0.4) is 0 Å². The van der Waals surface area contributed by atoms with Crippen LogP contribution in [0, 0.1) is 12.8 Å². The van der Waals surface area contributed by atoms with Crippen molar-refractivity contribution in [3.63, 3.8) is 0 Å². The van der Waals surface area contributed by atoms with Crippen LogP contribution in [0.2, 0.25) is 5.02 Å². The summed E-state index contributed by atoms with van der Waals surface area (Å²) < 4.78 is 0. The van der Waals surface area contributed by atoms with Gasteiger partial charge in [0, 0.05) is 17.0 Å². The maximum atomic E-state index is 12.4. The lowest BCUT2D eigenvalue weighted by Crippen LogP contribution is -2.62. The summed E-state index contributed by atoms with van der Waals surface area (Å²) in [6.45, 7) is 6.55. The van der Waals surface area contributed by atoms with Gasteiger partial charge in [0.05, 0.1) is 5.02 Å². The standard InChI is InChI=1S/C14H19ClN2OS/c1-8-7-11(15)13(19-8)14(18)16-12-9(2)17-5-3-10(12)4-6-17/h7,9-10,12H,3-6H2,1-2H3,(H,16,18)/t9-,12-/m0/s1. The molecule has 3 aliphatic heterocycles. The van der Waals surface area contributed by atoms with E-state index in [1.807, 2.05) is 13.0 Å². The minimum absolute atomic E-state index is 0.00583. The zero-order valence-corrected chi connectivity index (χ0v) is 12.9. The van der Waals surface area contributed by atoms with Gasteiger partial charge in [0.1, 0.15) is 4.88 Å². The third-order valence-corrected chi connectivity index (χ3v) is 5.95. The van der Waals surface area contributed by atoms with Gasteiger partial charge in [0.25, 0.3) is 5.91 Å². The van der Waals surface area contributed by atoms with Gasteiger partial charge in [0.15, 0.2) is 0 Å². The number of fused-ring (bicyclic) bond motifs is 3. The summed E-state index contributed by atoms with van der Waals surface area (Å²) in [5.41, 5.74) is 0. The Morgan fingerprint density at radius 2 is 2.16 bits per heavy atom. The van der Waals surface area contributed by atoms with E-state index >= 15 is 0 Å². The maximum Gasteiger partial charge on any atom is 0.263 e. The first-order chi connectivity index (χ1) is 9.06. The smallest absolute Gasteiger partial charge is 0.263 e. The third kappa shape index (κ3) is 2.41. The summed E-state index contributed by atoms with van der Waals surface area (Å²) >= 11 is 7.59. The van der Waals surface area contributed by atoms with Crippen molar-refractivity contribution < 1.29 is 4.79 Å². The quantitative estimate of drug-likeness (QED) is 0.910. The molecule has 2 bridgehead atoms. The lowest BCUT2D eigenvalue weighted by molar-refractivity contribution is 0.0218. The minimum atomic E-state index is -0.00583. The van der Waals surface area contributed by atoms with Crippen LogP contribution in [-0.4, -0.2) is 36.0 Å². The van der Waals surface area contributed by atoms with Gasteiger partial charge in [-0.3, -0.25) is 9.69 Å². The predicted molar refractivity (Wildman–Crippen MR) is 79.1 cm³/mol. The number of aryl methyl sites for hydroxylation is 1. The molecule has 5 heteroatoms. The minimum Gasteiger partial charge on any atom is -0.347 e. The molecule has 1 amide bonds. The highest BCUT2D eigenvalue weighted by Crippen LogP contribution is 2.33. The van der Waals surface area contributed by atoms with Gasteiger partial charge in [-0.15, -0.1) is 11.3 Å². The van der Waals surface area contributed by atoms with Crippen LogP contribution in [-0.2, 0) is 0 Å². The maximum absolute atomic E-state index is 12.4. The molecule has 1 aromatic heterocycles. The fourth-order valence-corrected chi connectivity index (χ4v) is 4.64. The van der Waals surface area contributed by atoms with Crippen molar-refractivity contribution in [1.29, 1.82) is 0 Å². The number of halogens is 1. The lowest BCUT2D eigenvalue weighted by atomic mass is 9.79. The van der Waals surface area contributed by atoms with Crippen molar-refractivity contribution in [2.24, 2.45) is 5.92 Å². The van der Waals surface area contributed by atoms with Gasteiger partial charge < -0.3 is 5.32 Å². The number of amides is 1. The Labute approximate surface area is 122 Å². The number of nitrogens with zero attached hydrogens (tertiary/aromatic N) is 1. The summed E-state index contributed by atoms with van der Waals surface area (Å²) in [7, 11) is 0. The molecule has 19 heavy (non-hydrogen) atoms. The molecular weight excluding hydrogens is 280 g/mol. The molecule has 0 spiro atoms. The van der Waals surface area contributed by atoms with Crippen LogP contribution in [0.4, 0.5) is 0 Å². The Bertz CT molecular complexity index is 492. The first-order valence-corrected chi connectivity index (χ1v) is 8.06. The van der Waals surface area contributed by atoms with Gasteiger partial charge >= 0.3 is 0 Å². The molecule has 0 radical (unpaired) electrons. The molecule has 0 saturated carbocycles. The molecule has 1 aromatic rings. The Balaban J connectivity index is 1.74. The van der Waals surface area contributed by atoms with Gasteiger partial charge in [0.2, 0.25) is 0 Å². The average Bonchev–Trinajstić information content (AvgIpc) is 2.73. The molecule has 4 heterocycles. The molecule has 3 saturated heterocycles. The second kappa shape index (κ2) is 5.08. The number of rotatable bonds is 2. The number of hydrogen-bond donors (Lipinski definition) is 1. The first-order valence-electron chi connectivity index (χ1n) is 6.87. The zero-order valence-electron chi connectivity index (χ0n) is 11.3. The van der Waals surface area contributed by atoms with Crippen molar-refractivity contribution in [2.75, 3.05) is 13.1 Å². The molecular formula is C14H19ClN2OS. The van der Waals surface area contributed by atoms with Gasteiger partial charge in [-0.25, -0.2) is 0 Å². The van der Waals surface area contributed by atoms with Crippen LogP contribution in [0.15, 0.2) is 6.07 Å². The van der Waals surface area contributed by atoms with E-state index in [0.29, 0.717) is 21.9 Å². The zero-order chi connectivity index (χ0) is 13.6. The Kier molecular flexibility index (Phi) is 3.58. The summed E-state index contributed by atoms with van der Waals surface area (Å²) in [5, 5.41) is 3.79. The Morgan fingerprint density at radius 1 is 1.47 bits per heavy atom.